The smallest absolute Gasteiger partial charge is 0.0719 e. The van der Waals surface area contributed by atoms with Crippen molar-refractivity contribution in [1.82, 2.24) is 0 Å². The molecule has 0 spiro atoms. The lowest BCUT2D eigenvalue weighted by atomic mass is 9.66. The maximum Gasteiger partial charge on any atom is 0.0719 e. The molecule has 0 bridgehead atoms. The summed E-state index contributed by atoms with van der Waals surface area (Å²) in [4.78, 5) is 2.41. The van der Waals surface area contributed by atoms with Crippen LogP contribution in [0, 0.1) is 0 Å². The fourth-order valence-electron chi connectivity index (χ4n) is 12.2. The molecule has 1 aliphatic carbocycles. The normalized spacial score (nSPS) is 13.7. The van der Waals surface area contributed by atoms with E-state index in [9.17, 15) is 0 Å². The molecule has 0 fully saturated rings. The predicted molar refractivity (Wildman–Crippen MR) is 313 cm³/mol. The van der Waals surface area contributed by atoms with Gasteiger partial charge in [-0.15, -0.1) is 0 Å². The van der Waals surface area contributed by atoms with Gasteiger partial charge in [-0.1, -0.05) is 261 Å². The topological polar surface area (TPSA) is 3.24 Å². The van der Waals surface area contributed by atoms with E-state index >= 15 is 0 Å². The summed E-state index contributed by atoms with van der Waals surface area (Å²) in [5, 5.41) is 7.47. The van der Waals surface area contributed by atoms with Crippen molar-refractivity contribution >= 4 is 49.4 Å². The second kappa shape index (κ2) is 17.9. The number of hydrogen-bond donors (Lipinski definition) is 0. The van der Waals surface area contributed by atoms with Gasteiger partial charge in [0.15, 0.2) is 0 Å². The molecule has 1 unspecified atom stereocenters. The fraction of sp³-hybridized carbons (Fsp3) is 0.0137. The standard InChI is InChI=1S/C73H49N/c1-2-17-50(18-3-1)51-37-43-58(44-38-51)73(69-35-15-24-54-21-6-9-29-66(54)69)70-34-11-10-30-68(70)72-67(33-16-36-71(72)73)57-25-12-26-61(49-57)74(59-45-39-55(40-46-59)64-31-13-22-52-19-4-7-27-62(52)64)60-47-41-56(42-48-60)65-32-14-23-53-20-5-8-28-63(53)65/h1-49H. The zero-order chi connectivity index (χ0) is 49.0. The summed E-state index contributed by atoms with van der Waals surface area (Å²) in [7, 11) is 0. The third kappa shape index (κ3) is 7.08. The Morgan fingerprint density at radius 2 is 0.649 bits per heavy atom. The van der Waals surface area contributed by atoms with Crippen molar-refractivity contribution in [1.29, 1.82) is 0 Å². The Morgan fingerprint density at radius 3 is 1.30 bits per heavy atom. The van der Waals surface area contributed by atoms with Gasteiger partial charge in [-0.2, -0.15) is 0 Å². The van der Waals surface area contributed by atoms with Crippen LogP contribution in [0.1, 0.15) is 22.3 Å². The van der Waals surface area contributed by atoms with Crippen LogP contribution in [0.3, 0.4) is 0 Å². The zero-order valence-corrected chi connectivity index (χ0v) is 40.7. The predicted octanol–water partition coefficient (Wildman–Crippen LogP) is 19.6. The molecule has 0 amide bonds. The molecule has 13 aromatic carbocycles. The molecule has 0 aliphatic heterocycles. The Balaban J connectivity index is 0.942. The van der Waals surface area contributed by atoms with Crippen LogP contribution in [0.2, 0.25) is 0 Å². The highest BCUT2D eigenvalue weighted by Crippen LogP contribution is 2.59. The zero-order valence-electron chi connectivity index (χ0n) is 40.7. The second-order valence-electron chi connectivity index (χ2n) is 19.5. The highest BCUT2D eigenvalue weighted by Gasteiger charge is 2.47. The van der Waals surface area contributed by atoms with E-state index in [1.807, 2.05) is 0 Å². The lowest BCUT2D eigenvalue weighted by molar-refractivity contribution is 0.776. The van der Waals surface area contributed by atoms with E-state index in [1.54, 1.807) is 0 Å². The minimum atomic E-state index is -0.598. The number of hydrogen-bond acceptors (Lipinski definition) is 1. The molecule has 1 heteroatoms. The maximum atomic E-state index is 2.41. The molecule has 13 aromatic rings. The number of anilines is 3. The number of nitrogens with zero attached hydrogens (tertiary/aromatic N) is 1. The fourth-order valence-corrected chi connectivity index (χ4v) is 12.2. The summed E-state index contributed by atoms with van der Waals surface area (Å²) >= 11 is 0. The molecule has 0 heterocycles. The minimum absolute atomic E-state index is 0.598. The minimum Gasteiger partial charge on any atom is -0.310 e. The lowest BCUT2D eigenvalue weighted by Gasteiger charge is -2.35. The van der Waals surface area contributed by atoms with Crippen molar-refractivity contribution < 1.29 is 0 Å². The molecule has 0 saturated carbocycles. The Hall–Kier alpha value is -9.56. The van der Waals surface area contributed by atoms with Crippen LogP contribution < -0.4 is 4.90 Å². The molecule has 1 nitrogen and oxygen atoms in total. The lowest BCUT2D eigenvalue weighted by Crippen LogP contribution is -2.29. The molecule has 0 aromatic heterocycles. The molecule has 1 atom stereocenters. The van der Waals surface area contributed by atoms with Gasteiger partial charge < -0.3 is 4.90 Å². The Kier molecular flexibility index (Phi) is 10.5. The van der Waals surface area contributed by atoms with Crippen LogP contribution in [-0.4, -0.2) is 0 Å². The van der Waals surface area contributed by atoms with Gasteiger partial charge in [-0.25, -0.2) is 0 Å². The molecule has 1 aliphatic rings. The van der Waals surface area contributed by atoms with Crippen molar-refractivity contribution in [2.24, 2.45) is 0 Å². The summed E-state index contributed by atoms with van der Waals surface area (Å²) in [5.74, 6) is 0. The summed E-state index contributed by atoms with van der Waals surface area (Å²) in [6, 6.07) is 110. The van der Waals surface area contributed by atoms with Crippen LogP contribution in [0.4, 0.5) is 17.1 Å². The third-order valence-electron chi connectivity index (χ3n) is 15.6. The monoisotopic (exact) mass is 939 g/mol. The summed E-state index contributed by atoms with van der Waals surface area (Å²) in [6.45, 7) is 0. The van der Waals surface area contributed by atoms with Gasteiger partial charge in [0.1, 0.15) is 0 Å². The van der Waals surface area contributed by atoms with Crippen LogP contribution in [0.15, 0.2) is 297 Å². The van der Waals surface area contributed by atoms with Gasteiger partial charge in [0.05, 0.1) is 5.41 Å². The van der Waals surface area contributed by atoms with Gasteiger partial charge >= 0.3 is 0 Å². The molecular formula is C73H49N. The second-order valence-corrected chi connectivity index (χ2v) is 19.5. The van der Waals surface area contributed by atoms with Crippen LogP contribution in [0.5, 0.6) is 0 Å². The van der Waals surface area contributed by atoms with E-state index in [4.69, 9.17) is 0 Å². The van der Waals surface area contributed by atoms with Crippen LogP contribution in [-0.2, 0) is 5.41 Å². The van der Waals surface area contributed by atoms with Crippen LogP contribution >= 0.6 is 0 Å². The highest BCUT2D eigenvalue weighted by molar-refractivity contribution is 6.01. The quantitative estimate of drug-likeness (QED) is 0.139. The highest BCUT2D eigenvalue weighted by atomic mass is 15.1. The molecule has 74 heavy (non-hydrogen) atoms. The van der Waals surface area contributed by atoms with Gasteiger partial charge in [0.2, 0.25) is 0 Å². The Morgan fingerprint density at radius 1 is 0.230 bits per heavy atom. The van der Waals surface area contributed by atoms with E-state index in [1.165, 1.54) is 105 Å². The summed E-state index contributed by atoms with van der Waals surface area (Å²) in [6.07, 6.45) is 0. The average molecular weight is 940 g/mol. The maximum absolute atomic E-state index is 2.41. The average Bonchev–Trinajstić information content (AvgIpc) is 3.78. The van der Waals surface area contributed by atoms with Crippen molar-refractivity contribution in [3.8, 4) is 55.6 Å². The van der Waals surface area contributed by atoms with Crippen LogP contribution in [0.25, 0.3) is 88.0 Å². The van der Waals surface area contributed by atoms with E-state index in [2.05, 4.69) is 302 Å². The van der Waals surface area contributed by atoms with Gasteiger partial charge in [-0.05, 0) is 147 Å². The molecule has 0 N–H and O–H groups in total. The first-order chi connectivity index (χ1) is 36.7. The van der Waals surface area contributed by atoms with Gasteiger partial charge in [-0.3, -0.25) is 0 Å². The number of fused-ring (bicyclic) bond motifs is 6. The third-order valence-corrected chi connectivity index (χ3v) is 15.6. The van der Waals surface area contributed by atoms with Crippen molar-refractivity contribution in [3.63, 3.8) is 0 Å². The summed E-state index contributed by atoms with van der Waals surface area (Å²) < 4.78 is 0. The van der Waals surface area contributed by atoms with E-state index in [0.717, 1.165) is 22.6 Å². The number of benzene rings is 13. The summed E-state index contributed by atoms with van der Waals surface area (Å²) in [5.41, 5.74) is 19.9. The Bertz CT molecular complexity index is 4090. The SMILES string of the molecule is c1ccc(-c2ccc(C3(c4cccc5ccccc45)c4ccccc4-c4c(-c5cccc(N(c6ccc(-c7cccc8ccccc78)cc6)c6ccc(-c7cccc8ccccc78)cc6)c5)cccc43)cc2)cc1. The first kappa shape index (κ1) is 43.2. The molecular weight excluding hydrogens is 891 g/mol. The first-order valence-corrected chi connectivity index (χ1v) is 25.7. The molecule has 346 valence electrons. The van der Waals surface area contributed by atoms with Crippen molar-refractivity contribution in [3.05, 3.63) is 320 Å². The first-order valence-electron chi connectivity index (χ1n) is 25.7. The number of rotatable bonds is 9. The van der Waals surface area contributed by atoms with E-state index in [-0.39, 0.29) is 0 Å². The van der Waals surface area contributed by atoms with Gasteiger partial charge in [0.25, 0.3) is 0 Å². The Labute approximate surface area is 432 Å². The van der Waals surface area contributed by atoms with Crippen molar-refractivity contribution in [2.75, 3.05) is 4.90 Å². The molecule has 0 radical (unpaired) electrons. The van der Waals surface area contributed by atoms with Gasteiger partial charge in [0, 0.05) is 17.1 Å². The van der Waals surface area contributed by atoms with E-state index < -0.39 is 5.41 Å². The largest absolute Gasteiger partial charge is 0.310 e. The van der Waals surface area contributed by atoms with Crippen molar-refractivity contribution in [2.45, 2.75) is 5.41 Å². The molecule has 0 saturated heterocycles. The molecule has 14 rings (SSSR count). The van der Waals surface area contributed by atoms with E-state index in [0.29, 0.717) is 0 Å².